The number of benzene rings is 1. The average Bonchev–Trinajstić information content (AvgIpc) is 3.26. The molecule has 2 saturated heterocycles. The zero-order valence-electron chi connectivity index (χ0n) is 19.3. The highest BCUT2D eigenvalue weighted by molar-refractivity contribution is 6.33. The lowest BCUT2D eigenvalue weighted by Gasteiger charge is -2.41. The van der Waals surface area contributed by atoms with Crippen LogP contribution in [0.3, 0.4) is 0 Å². The molecule has 178 valence electrons. The minimum absolute atomic E-state index is 0.0861. The molecule has 0 spiro atoms. The van der Waals surface area contributed by atoms with Crippen molar-refractivity contribution in [3.8, 4) is 11.3 Å². The molecule has 34 heavy (non-hydrogen) atoms. The average molecular weight is 501 g/mol. The van der Waals surface area contributed by atoms with E-state index in [1.54, 1.807) is 18.3 Å². The number of aromatic nitrogens is 3. The molecule has 0 radical (unpaired) electrons. The monoisotopic (exact) mass is 500 g/mol. The van der Waals surface area contributed by atoms with Gasteiger partial charge in [-0.3, -0.25) is 0 Å². The van der Waals surface area contributed by atoms with Gasteiger partial charge in [0, 0.05) is 56.1 Å². The van der Waals surface area contributed by atoms with Crippen LogP contribution in [-0.4, -0.2) is 53.2 Å². The molecule has 4 heterocycles. The fourth-order valence-electron chi connectivity index (χ4n) is 4.83. The SMILES string of the molecule is C[C@H]1CN(c2ncccc2Cl)CCN1c1cc(-c2ccc(F)c(Cl)c2)nc(N2CCC[C@@H]2C)n1. The second kappa shape index (κ2) is 9.55. The van der Waals surface area contributed by atoms with Crippen molar-refractivity contribution in [1.82, 2.24) is 15.0 Å². The van der Waals surface area contributed by atoms with Gasteiger partial charge in [0.25, 0.3) is 0 Å². The van der Waals surface area contributed by atoms with E-state index in [1.165, 1.54) is 6.07 Å². The van der Waals surface area contributed by atoms with Gasteiger partial charge in [0.05, 0.1) is 15.7 Å². The van der Waals surface area contributed by atoms with Crippen LogP contribution in [0.1, 0.15) is 26.7 Å². The van der Waals surface area contributed by atoms with E-state index < -0.39 is 5.82 Å². The second-order valence-electron chi connectivity index (χ2n) is 9.02. The van der Waals surface area contributed by atoms with Gasteiger partial charge in [0.15, 0.2) is 0 Å². The van der Waals surface area contributed by atoms with Crippen LogP contribution in [0.15, 0.2) is 42.6 Å². The Hall–Kier alpha value is -2.64. The van der Waals surface area contributed by atoms with Crippen LogP contribution in [0.4, 0.5) is 22.0 Å². The van der Waals surface area contributed by atoms with Gasteiger partial charge >= 0.3 is 0 Å². The van der Waals surface area contributed by atoms with Crippen molar-refractivity contribution in [2.24, 2.45) is 0 Å². The van der Waals surface area contributed by atoms with E-state index in [0.29, 0.717) is 17.0 Å². The van der Waals surface area contributed by atoms with Gasteiger partial charge in [0.1, 0.15) is 17.5 Å². The van der Waals surface area contributed by atoms with Crippen molar-refractivity contribution in [2.75, 3.05) is 40.9 Å². The van der Waals surface area contributed by atoms with Crippen LogP contribution >= 0.6 is 23.2 Å². The van der Waals surface area contributed by atoms with Crippen molar-refractivity contribution < 1.29 is 4.39 Å². The van der Waals surface area contributed by atoms with Crippen molar-refractivity contribution in [1.29, 1.82) is 0 Å². The Morgan fingerprint density at radius 1 is 0.941 bits per heavy atom. The minimum Gasteiger partial charge on any atom is -0.352 e. The Morgan fingerprint density at radius 3 is 2.50 bits per heavy atom. The molecule has 0 aliphatic carbocycles. The van der Waals surface area contributed by atoms with E-state index in [4.69, 9.17) is 33.2 Å². The molecule has 3 aromatic rings. The summed E-state index contributed by atoms with van der Waals surface area (Å²) in [5, 5.41) is 0.744. The molecule has 0 bridgehead atoms. The van der Waals surface area contributed by atoms with Gasteiger partial charge in [-0.05, 0) is 57.0 Å². The summed E-state index contributed by atoms with van der Waals surface area (Å²) in [6.07, 6.45) is 4.00. The van der Waals surface area contributed by atoms with Gasteiger partial charge < -0.3 is 14.7 Å². The van der Waals surface area contributed by atoms with Crippen LogP contribution in [-0.2, 0) is 0 Å². The van der Waals surface area contributed by atoms with E-state index >= 15 is 0 Å². The maximum atomic E-state index is 13.8. The fraction of sp³-hybridized carbons (Fsp3) is 0.400. The Morgan fingerprint density at radius 2 is 1.79 bits per heavy atom. The van der Waals surface area contributed by atoms with E-state index in [0.717, 1.165) is 61.9 Å². The molecule has 6 nitrogen and oxygen atoms in total. The predicted molar refractivity (Wildman–Crippen MR) is 137 cm³/mol. The van der Waals surface area contributed by atoms with Crippen LogP contribution in [0.5, 0.6) is 0 Å². The standard InChI is InChI=1S/C25H27Cl2FN6/c1-16-5-4-10-34(16)25-30-22(18-7-8-21(28)20(27)13-18)14-23(31-25)33-12-11-32(15-17(33)2)24-19(26)6-3-9-29-24/h3,6-9,13-14,16-17H,4-5,10-12,15H2,1-2H3/t16-,17-/m0/s1. The molecule has 2 fully saturated rings. The number of halogens is 3. The first-order chi connectivity index (χ1) is 16.4. The smallest absolute Gasteiger partial charge is 0.228 e. The van der Waals surface area contributed by atoms with Gasteiger partial charge in [-0.15, -0.1) is 0 Å². The lowest BCUT2D eigenvalue weighted by molar-refractivity contribution is 0.542. The molecule has 0 saturated carbocycles. The first-order valence-electron chi connectivity index (χ1n) is 11.6. The molecule has 2 aromatic heterocycles. The summed E-state index contributed by atoms with van der Waals surface area (Å²) in [6.45, 7) is 7.62. The molecule has 1 aromatic carbocycles. The molecule has 0 amide bonds. The highest BCUT2D eigenvalue weighted by Crippen LogP contribution is 2.32. The maximum Gasteiger partial charge on any atom is 0.228 e. The van der Waals surface area contributed by atoms with Crippen molar-refractivity contribution >= 4 is 40.8 Å². The van der Waals surface area contributed by atoms with E-state index in [2.05, 4.69) is 33.5 Å². The quantitative estimate of drug-likeness (QED) is 0.458. The Balaban J connectivity index is 1.49. The third-order valence-electron chi connectivity index (χ3n) is 6.69. The minimum atomic E-state index is -0.439. The predicted octanol–water partition coefficient (Wildman–Crippen LogP) is 5.69. The van der Waals surface area contributed by atoms with Crippen molar-refractivity contribution in [3.63, 3.8) is 0 Å². The lowest BCUT2D eigenvalue weighted by Crippen LogP contribution is -2.52. The molecular formula is C25H27Cl2FN6. The largest absolute Gasteiger partial charge is 0.352 e. The number of rotatable bonds is 4. The van der Waals surface area contributed by atoms with E-state index in [-0.39, 0.29) is 11.1 Å². The summed E-state index contributed by atoms with van der Waals surface area (Å²) in [5.41, 5.74) is 1.51. The molecule has 9 heteroatoms. The third-order valence-corrected chi connectivity index (χ3v) is 7.27. The third kappa shape index (κ3) is 4.51. The zero-order chi connectivity index (χ0) is 23.8. The van der Waals surface area contributed by atoms with E-state index in [1.807, 2.05) is 18.2 Å². The van der Waals surface area contributed by atoms with Gasteiger partial charge in [-0.2, -0.15) is 4.98 Å². The second-order valence-corrected chi connectivity index (χ2v) is 9.84. The Kier molecular flexibility index (Phi) is 6.49. The summed E-state index contributed by atoms with van der Waals surface area (Å²) in [5.74, 6) is 1.94. The highest BCUT2D eigenvalue weighted by Gasteiger charge is 2.29. The van der Waals surface area contributed by atoms with Crippen LogP contribution in [0.25, 0.3) is 11.3 Å². The van der Waals surface area contributed by atoms with Crippen LogP contribution in [0, 0.1) is 5.82 Å². The first kappa shape index (κ1) is 23.1. The highest BCUT2D eigenvalue weighted by atomic mass is 35.5. The van der Waals surface area contributed by atoms with Gasteiger partial charge in [0.2, 0.25) is 5.95 Å². The van der Waals surface area contributed by atoms with Gasteiger partial charge in [-0.1, -0.05) is 23.2 Å². The molecular weight excluding hydrogens is 474 g/mol. The van der Waals surface area contributed by atoms with Crippen molar-refractivity contribution in [2.45, 2.75) is 38.8 Å². The number of piperazine rings is 1. The molecule has 2 aliphatic rings. The Bertz CT molecular complexity index is 1190. The molecule has 0 unspecified atom stereocenters. The molecule has 2 aliphatic heterocycles. The molecule has 2 atom stereocenters. The lowest BCUT2D eigenvalue weighted by atomic mass is 10.1. The number of pyridine rings is 1. The van der Waals surface area contributed by atoms with Crippen molar-refractivity contribution in [3.05, 3.63) is 58.5 Å². The summed E-state index contributed by atoms with van der Waals surface area (Å²) < 4.78 is 13.8. The normalized spacial score (nSPS) is 20.8. The number of hydrogen-bond donors (Lipinski definition) is 0. The summed E-state index contributed by atoms with van der Waals surface area (Å²) >= 11 is 12.5. The van der Waals surface area contributed by atoms with Crippen LogP contribution < -0.4 is 14.7 Å². The van der Waals surface area contributed by atoms with Gasteiger partial charge in [-0.25, -0.2) is 14.4 Å². The Labute approximate surface area is 209 Å². The fourth-order valence-corrected chi connectivity index (χ4v) is 5.25. The van der Waals surface area contributed by atoms with Crippen LogP contribution in [0.2, 0.25) is 10.0 Å². The summed E-state index contributed by atoms with van der Waals surface area (Å²) in [6, 6.07) is 11.0. The topological polar surface area (TPSA) is 48.4 Å². The summed E-state index contributed by atoms with van der Waals surface area (Å²) in [7, 11) is 0. The molecule has 5 rings (SSSR count). The summed E-state index contributed by atoms with van der Waals surface area (Å²) in [4.78, 5) is 21.1. The zero-order valence-corrected chi connectivity index (χ0v) is 20.8. The first-order valence-corrected chi connectivity index (χ1v) is 12.4. The maximum absolute atomic E-state index is 13.8. The number of nitrogens with zero attached hydrogens (tertiary/aromatic N) is 6. The van der Waals surface area contributed by atoms with E-state index in [9.17, 15) is 4.39 Å². The molecule has 0 N–H and O–H groups in total. The number of anilines is 3. The number of hydrogen-bond acceptors (Lipinski definition) is 6.